The van der Waals surface area contributed by atoms with Crippen molar-refractivity contribution < 1.29 is 18.7 Å². The number of carbonyl (C=O) groups excluding carboxylic acids is 2. The zero-order chi connectivity index (χ0) is 20.8. The lowest BCUT2D eigenvalue weighted by Gasteiger charge is -2.16. The molecule has 1 amide bonds. The summed E-state index contributed by atoms with van der Waals surface area (Å²) in [6, 6.07) is 10.5. The molecule has 0 aliphatic heterocycles. The monoisotopic (exact) mass is 415 g/mol. The first kappa shape index (κ1) is 20.7. The Hall–Kier alpha value is -3.07. The van der Waals surface area contributed by atoms with Gasteiger partial charge in [-0.1, -0.05) is 23.9 Å². The number of nitrogens with zero attached hydrogens (tertiary/aromatic N) is 2. The molecular weight excluding hydrogens is 394 g/mol. The molecule has 2 heterocycles. The van der Waals surface area contributed by atoms with Crippen LogP contribution in [-0.2, 0) is 27.4 Å². The fourth-order valence-electron chi connectivity index (χ4n) is 2.68. The van der Waals surface area contributed by atoms with E-state index in [1.54, 1.807) is 49.6 Å². The summed E-state index contributed by atoms with van der Waals surface area (Å²) in [6.45, 7) is 2.12. The Bertz CT molecular complexity index is 1060. The van der Waals surface area contributed by atoms with Crippen molar-refractivity contribution in [2.75, 3.05) is 7.11 Å². The topological polar surface area (TPSA) is 103 Å². The average molecular weight is 415 g/mol. The molecule has 1 atom stereocenters. The van der Waals surface area contributed by atoms with Crippen LogP contribution in [0.25, 0.3) is 10.9 Å². The number of furan rings is 1. The Morgan fingerprint density at radius 1 is 1.28 bits per heavy atom. The minimum absolute atomic E-state index is 0.0308. The molecule has 0 aliphatic carbocycles. The molecule has 0 bridgehead atoms. The predicted octanol–water partition coefficient (Wildman–Crippen LogP) is 2.35. The number of rotatable bonds is 8. The highest BCUT2D eigenvalue weighted by Crippen LogP contribution is 2.23. The number of amides is 1. The van der Waals surface area contributed by atoms with E-state index in [4.69, 9.17) is 4.42 Å². The molecule has 0 spiro atoms. The molecule has 0 aliphatic rings. The van der Waals surface area contributed by atoms with Gasteiger partial charge >= 0.3 is 5.97 Å². The quantitative estimate of drug-likeness (QED) is 0.342. The summed E-state index contributed by atoms with van der Waals surface area (Å²) < 4.78 is 11.3. The number of thioether (sulfide) groups is 1. The molecule has 1 N–H and O–H groups in total. The molecule has 0 saturated carbocycles. The maximum atomic E-state index is 12.9. The van der Waals surface area contributed by atoms with E-state index in [-0.39, 0.29) is 31.0 Å². The van der Waals surface area contributed by atoms with Gasteiger partial charge in [-0.25, -0.2) is 4.98 Å². The largest absolute Gasteiger partial charge is 0.469 e. The first-order chi connectivity index (χ1) is 14.0. The third-order valence-electron chi connectivity index (χ3n) is 4.26. The van der Waals surface area contributed by atoms with Gasteiger partial charge in [-0.2, -0.15) is 0 Å². The number of hydrogen-bond donors (Lipinski definition) is 1. The summed E-state index contributed by atoms with van der Waals surface area (Å²) in [6.07, 6.45) is 1.57. The van der Waals surface area contributed by atoms with E-state index in [1.165, 1.54) is 11.7 Å². The van der Waals surface area contributed by atoms with Gasteiger partial charge in [-0.15, -0.1) is 0 Å². The third-order valence-corrected chi connectivity index (χ3v) is 5.35. The number of aromatic nitrogens is 2. The van der Waals surface area contributed by atoms with E-state index in [0.29, 0.717) is 21.8 Å². The van der Waals surface area contributed by atoms with Crippen molar-refractivity contribution in [2.24, 2.45) is 0 Å². The minimum atomic E-state index is -0.512. The van der Waals surface area contributed by atoms with Gasteiger partial charge in [-0.3, -0.25) is 19.0 Å². The molecule has 3 aromatic rings. The van der Waals surface area contributed by atoms with Gasteiger partial charge in [0.15, 0.2) is 5.16 Å². The summed E-state index contributed by atoms with van der Waals surface area (Å²) in [5, 5.41) is 3.11. The Labute approximate surface area is 171 Å². The van der Waals surface area contributed by atoms with Crippen LogP contribution in [0, 0.1) is 0 Å². The van der Waals surface area contributed by atoms with Crippen molar-refractivity contribution in [3.63, 3.8) is 0 Å². The van der Waals surface area contributed by atoms with Gasteiger partial charge in [0.2, 0.25) is 5.91 Å². The van der Waals surface area contributed by atoms with E-state index < -0.39 is 11.2 Å². The van der Waals surface area contributed by atoms with E-state index >= 15 is 0 Å². The van der Waals surface area contributed by atoms with E-state index in [1.807, 2.05) is 0 Å². The summed E-state index contributed by atoms with van der Waals surface area (Å²) in [7, 11) is 1.30. The second-order valence-corrected chi connectivity index (χ2v) is 7.56. The average Bonchev–Trinajstić information content (AvgIpc) is 3.25. The molecule has 1 aromatic carbocycles. The van der Waals surface area contributed by atoms with Crippen LogP contribution in [0.5, 0.6) is 0 Å². The number of benzene rings is 1. The van der Waals surface area contributed by atoms with E-state index in [0.717, 1.165) is 11.8 Å². The van der Waals surface area contributed by atoms with Crippen LogP contribution >= 0.6 is 11.8 Å². The first-order valence-electron chi connectivity index (χ1n) is 9.02. The maximum absolute atomic E-state index is 12.9. The van der Waals surface area contributed by atoms with Crippen LogP contribution in [0.2, 0.25) is 0 Å². The first-order valence-corrected chi connectivity index (χ1v) is 9.90. The molecule has 8 nitrogen and oxygen atoms in total. The molecular formula is C20H21N3O5S. The maximum Gasteiger partial charge on any atom is 0.307 e. The zero-order valence-corrected chi connectivity index (χ0v) is 16.9. The van der Waals surface area contributed by atoms with Gasteiger partial charge in [0, 0.05) is 6.54 Å². The SMILES string of the molecule is COC(=O)CCn1c(S[C@H](C)C(=O)NCc2ccco2)nc2ccccc2c1=O. The molecule has 9 heteroatoms. The Kier molecular flexibility index (Phi) is 6.71. The fraction of sp³-hybridized carbons (Fsp3) is 0.300. The second kappa shape index (κ2) is 9.42. The Morgan fingerprint density at radius 2 is 2.07 bits per heavy atom. The van der Waals surface area contributed by atoms with Crippen LogP contribution in [0.1, 0.15) is 19.1 Å². The fourth-order valence-corrected chi connectivity index (χ4v) is 3.64. The van der Waals surface area contributed by atoms with E-state index in [2.05, 4.69) is 15.0 Å². The normalized spacial score (nSPS) is 11.9. The van der Waals surface area contributed by atoms with Crippen LogP contribution in [0.4, 0.5) is 0 Å². The molecule has 3 rings (SSSR count). The number of ether oxygens (including phenoxy) is 1. The number of methoxy groups -OCH3 is 1. The van der Waals surface area contributed by atoms with Gasteiger partial charge in [0.1, 0.15) is 5.76 Å². The number of carbonyl (C=O) groups is 2. The Balaban J connectivity index is 1.82. The van der Waals surface area contributed by atoms with Crippen molar-refractivity contribution in [1.29, 1.82) is 0 Å². The van der Waals surface area contributed by atoms with Crippen LogP contribution in [-0.4, -0.2) is 33.8 Å². The standard InChI is InChI=1S/C20H21N3O5S/c1-13(18(25)21-12-14-6-5-11-28-14)29-20-22-16-8-4-3-7-15(16)19(26)23(20)10-9-17(24)27-2/h3-8,11,13H,9-10,12H2,1-2H3,(H,21,25)/t13-/m1/s1. The molecule has 152 valence electrons. The molecule has 29 heavy (non-hydrogen) atoms. The highest BCUT2D eigenvalue weighted by Gasteiger charge is 2.20. The smallest absolute Gasteiger partial charge is 0.307 e. The van der Waals surface area contributed by atoms with Crippen molar-refractivity contribution in [3.8, 4) is 0 Å². The number of esters is 1. The third kappa shape index (κ3) is 5.05. The number of fused-ring (bicyclic) bond motifs is 1. The Morgan fingerprint density at radius 3 is 2.79 bits per heavy atom. The lowest BCUT2D eigenvalue weighted by molar-refractivity contribution is -0.140. The molecule has 2 aromatic heterocycles. The van der Waals surface area contributed by atoms with E-state index in [9.17, 15) is 14.4 Å². The number of nitrogens with one attached hydrogen (secondary N) is 1. The summed E-state index contributed by atoms with van der Waals surface area (Å²) >= 11 is 1.16. The minimum Gasteiger partial charge on any atom is -0.469 e. The van der Waals surface area contributed by atoms with Crippen LogP contribution in [0.3, 0.4) is 0 Å². The van der Waals surface area contributed by atoms with Gasteiger partial charge < -0.3 is 14.5 Å². The van der Waals surface area contributed by atoms with Crippen molar-refractivity contribution in [3.05, 3.63) is 58.8 Å². The number of para-hydroxylation sites is 1. The number of hydrogen-bond acceptors (Lipinski definition) is 7. The highest BCUT2D eigenvalue weighted by molar-refractivity contribution is 8.00. The summed E-state index contributed by atoms with van der Waals surface area (Å²) in [5.41, 5.74) is 0.280. The van der Waals surface area contributed by atoms with Gasteiger partial charge in [0.05, 0.1) is 42.5 Å². The van der Waals surface area contributed by atoms with Crippen molar-refractivity contribution in [2.45, 2.75) is 36.8 Å². The summed E-state index contributed by atoms with van der Waals surface area (Å²) in [5.74, 6) is 0.00735. The van der Waals surface area contributed by atoms with Crippen molar-refractivity contribution in [1.82, 2.24) is 14.9 Å². The summed E-state index contributed by atoms with van der Waals surface area (Å²) in [4.78, 5) is 41.5. The molecule has 0 unspecified atom stereocenters. The van der Waals surface area contributed by atoms with Crippen molar-refractivity contribution >= 4 is 34.5 Å². The highest BCUT2D eigenvalue weighted by atomic mass is 32.2. The lowest BCUT2D eigenvalue weighted by atomic mass is 10.2. The molecule has 0 radical (unpaired) electrons. The van der Waals surface area contributed by atoms with Gasteiger partial charge in [0.25, 0.3) is 5.56 Å². The van der Waals surface area contributed by atoms with Crippen LogP contribution < -0.4 is 10.9 Å². The van der Waals surface area contributed by atoms with Gasteiger partial charge in [-0.05, 0) is 31.2 Å². The van der Waals surface area contributed by atoms with Crippen LogP contribution in [0.15, 0.2) is 57.0 Å². The predicted molar refractivity (Wildman–Crippen MR) is 109 cm³/mol. The lowest BCUT2D eigenvalue weighted by Crippen LogP contribution is -2.31. The zero-order valence-electron chi connectivity index (χ0n) is 16.1. The second-order valence-electron chi connectivity index (χ2n) is 6.25. The molecule has 0 fully saturated rings. The molecule has 0 saturated heterocycles.